The van der Waals surface area contributed by atoms with Gasteiger partial charge in [0.15, 0.2) is 11.5 Å². The average Bonchev–Trinajstić information content (AvgIpc) is 2.63. The van der Waals surface area contributed by atoms with Crippen LogP contribution in [0.2, 0.25) is 10.0 Å². The van der Waals surface area contributed by atoms with Crippen molar-refractivity contribution in [3.8, 4) is 11.5 Å². The number of hydrogen-bond donors (Lipinski definition) is 1. The molecule has 0 radical (unpaired) electrons. The number of halogens is 2. The van der Waals surface area contributed by atoms with Gasteiger partial charge < -0.3 is 14.8 Å². The van der Waals surface area contributed by atoms with Crippen molar-refractivity contribution in [1.29, 1.82) is 0 Å². The van der Waals surface area contributed by atoms with Crippen molar-refractivity contribution in [2.24, 2.45) is 0 Å². The highest BCUT2D eigenvalue weighted by Crippen LogP contribution is 2.36. The van der Waals surface area contributed by atoms with Crippen LogP contribution in [0.5, 0.6) is 11.5 Å². The van der Waals surface area contributed by atoms with Crippen LogP contribution in [0, 0.1) is 0 Å². The molecule has 0 bridgehead atoms. The number of hydrogen-bond acceptors (Lipinski definition) is 5. The van der Waals surface area contributed by atoms with Gasteiger partial charge in [0.25, 0.3) is 5.91 Å². The second-order valence-electron chi connectivity index (χ2n) is 6.43. The third-order valence-electron chi connectivity index (χ3n) is 4.18. The van der Waals surface area contributed by atoms with Crippen molar-refractivity contribution < 1.29 is 23.9 Å². The van der Waals surface area contributed by atoms with Crippen LogP contribution in [0.1, 0.15) is 31.4 Å². The van der Waals surface area contributed by atoms with Gasteiger partial charge in [0, 0.05) is 24.4 Å². The summed E-state index contributed by atoms with van der Waals surface area (Å²) in [5.74, 6) is -1.08. The summed E-state index contributed by atoms with van der Waals surface area (Å²) in [6.45, 7) is 2.52. The van der Waals surface area contributed by atoms with Gasteiger partial charge in [-0.1, -0.05) is 23.2 Å². The normalized spacial score (nSPS) is 12.5. The molecule has 8 heteroatoms. The van der Waals surface area contributed by atoms with Crippen LogP contribution < -0.4 is 14.8 Å². The van der Waals surface area contributed by atoms with E-state index in [1.54, 1.807) is 36.4 Å². The smallest absolute Gasteiger partial charge is 0.308 e. The van der Waals surface area contributed by atoms with Crippen molar-refractivity contribution in [3.63, 3.8) is 0 Å². The quantitative estimate of drug-likeness (QED) is 0.552. The lowest BCUT2D eigenvalue weighted by Crippen LogP contribution is -2.17. The second-order valence-corrected chi connectivity index (χ2v) is 7.28. The zero-order chi connectivity index (χ0) is 21.1. The van der Waals surface area contributed by atoms with E-state index in [-0.39, 0.29) is 17.4 Å². The topological polar surface area (TPSA) is 81.7 Å². The molecule has 150 valence electrons. The summed E-state index contributed by atoms with van der Waals surface area (Å²) in [7, 11) is 0. The van der Waals surface area contributed by atoms with Gasteiger partial charge in [0.1, 0.15) is 0 Å². The number of carbonyl (C=O) groups is 3. The predicted octanol–water partition coefficient (Wildman–Crippen LogP) is 4.81. The van der Waals surface area contributed by atoms with Crippen LogP contribution in [0.3, 0.4) is 0 Å². The number of aryl methyl sites for hydroxylation is 1. The number of carbonyl (C=O) groups excluding carboxylic acids is 3. The third kappa shape index (κ3) is 5.16. The number of nitrogens with one attached hydrogen (secondary N) is 1. The molecule has 6 nitrogen and oxygen atoms in total. The zero-order valence-corrected chi connectivity index (χ0v) is 17.2. The van der Waals surface area contributed by atoms with Gasteiger partial charge in [-0.3, -0.25) is 14.4 Å². The minimum absolute atomic E-state index is 0.116. The summed E-state index contributed by atoms with van der Waals surface area (Å²) in [4.78, 5) is 35.4. The SMILES string of the molecule is CC(=O)Oc1cc2c(cc1OC(C)=O)CCC(C(=O)Nc1ccc(Cl)cc1Cl)=C2. The molecule has 1 N–H and O–H groups in total. The molecule has 1 aliphatic rings. The summed E-state index contributed by atoms with van der Waals surface area (Å²) < 4.78 is 10.3. The van der Waals surface area contributed by atoms with Crippen molar-refractivity contribution in [2.75, 3.05) is 5.32 Å². The lowest BCUT2D eigenvalue weighted by atomic mass is 9.91. The van der Waals surface area contributed by atoms with Crippen molar-refractivity contribution in [1.82, 2.24) is 0 Å². The molecule has 0 saturated carbocycles. The zero-order valence-electron chi connectivity index (χ0n) is 15.7. The Kier molecular flexibility index (Phi) is 6.25. The van der Waals surface area contributed by atoms with Crippen LogP contribution >= 0.6 is 23.2 Å². The van der Waals surface area contributed by atoms with E-state index in [0.29, 0.717) is 39.7 Å². The number of rotatable bonds is 4. The first-order valence-corrected chi connectivity index (χ1v) is 9.49. The predicted molar refractivity (Wildman–Crippen MR) is 110 cm³/mol. The van der Waals surface area contributed by atoms with Crippen LogP contribution in [-0.4, -0.2) is 17.8 Å². The molecule has 1 aliphatic carbocycles. The summed E-state index contributed by atoms with van der Waals surface area (Å²) in [5, 5.41) is 3.58. The van der Waals surface area contributed by atoms with Gasteiger partial charge in [-0.25, -0.2) is 0 Å². The first-order valence-electron chi connectivity index (χ1n) is 8.73. The molecule has 0 unspecified atom stereocenters. The molecule has 0 atom stereocenters. The van der Waals surface area contributed by atoms with Gasteiger partial charge in [-0.05, 0) is 60.4 Å². The fourth-order valence-electron chi connectivity index (χ4n) is 2.94. The number of anilines is 1. The molecule has 1 amide bonds. The highest BCUT2D eigenvalue weighted by molar-refractivity contribution is 6.36. The molecule has 2 aromatic rings. The number of benzene rings is 2. The maximum Gasteiger partial charge on any atom is 0.308 e. The lowest BCUT2D eigenvalue weighted by molar-refractivity contribution is -0.134. The van der Waals surface area contributed by atoms with E-state index < -0.39 is 11.9 Å². The van der Waals surface area contributed by atoms with E-state index in [1.807, 2.05) is 0 Å². The second kappa shape index (κ2) is 8.68. The average molecular weight is 434 g/mol. The molecule has 0 saturated heterocycles. The van der Waals surface area contributed by atoms with Crippen molar-refractivity contribution in [3.05, 3.63) is 57.1 Å². The minimum Gasteiger partial charge on any atom is -0.423 e. The summed E-state index contributed by atoms with van der Waals surface area (Å²) >= 11 is 12.0. The fourth-order valence-corrected chi connectivity index (χ4v) is 3.40. The molecule has 29 heavy (non-hydrogen) atoms. The van der Waals surface area contributed by atoms with Gasteiger partial charge in [-0.2, -0.15) is 0 Å². The lowest BCUT2D eigenvalue weighted by Gasteiger charge is -2.19. The Labute approximate surface area is 177 Å². The summed E-state index contributed by atoms with van der Waals surface area (Å²) in [6.07, 6.45) is 2.75. The van der Waals surface area contributed by atoms with E-state index >= 15 is 0 Å². The molecule has 3 rings (SSSR count). The van der Waals surface area contributed by atoms with Crippen LogP contribution in [0.4, 0.5) is 5.69 Å². The van der Waals surface area contributed by atoms with Gasteiger partial charge >= 0.3 is 11.9 Å². The summed E-state index contributed by atoms with van der Waals surface area (Å²) in [5.41, 5.74) is 2.57. The minimum atomic E-state index is -0.548. The first kappa shape index (κ1) is 20.9. The van der Waals surface area contributed by atoms with E-state index in [2.05, 4.69) is 5.32 Å². The largest absolute Gasteiger partial charge is 0.423 e. The molecule has 0 aromatic heterocycles. The molecule has 0 spiro atoms. The van der Waals surface area contributed by atoms with Gasteiger partial charge in [0.2, 0.25) is 0 Å². The Balaban J connectivity index is 1.90. The van der Waals surface area contributed by atoms with Crippen molar-refractivity contribution >= 4 is 52.8 Å². The highest BCUT2D eigenvalue weighted by atomic mass is 35.5. The van der Waals surface area contributed by atoms with Crippen LogP contribution in [-0.2, 0) is 20.8 Å². The van der Waals surface area contributed by atoms with Crippen LogP contribution in [0.25, 0.3) is 6.08 Å². The first-order chi connectivity index (χ1) is 13.7. The third-order valence-corrected chi connectivity index (χ3v) is 4.73. The van der Waals surface area contributed by atoms with Gasteiger partial charge in [-0.15, -0.1) is 0 Å². The number of amides is 1. The van der Waals surface area contributed by atoms with E-state index in [0.717, 1.165) is 5.56 Å². The highest BCUT2D eigenvalue weighted by Gasteiger charge is 2.21. The number of ether oxygens (including phenoxy) is 2. The summed E-state index contributed by atoms with van der Waals surface area (Å²) in [6, 6.07) is 8.04. The van der Waals surface area contributed by atoms with E-state index in [4.69, 9.17) is 32.7 Å². The Morgan fingerprint density at radius 2 is 1.59 bits per heavy atom. The van der Waals surface area contributed by atoms with Gasteiger partial charge in [0.05, 0.1) is 10.7 Å². The van der Waals surface area contributed by atoms with E-state index in [1.165, 1.54) is 13.8 Å². The molecule has 0 aliphatic heterocycles. The molecular formula is C21H17Cl2NO5. The maximum atomic E-state index is 12.7. The molecule has 0 fully saturated rings. The maximum absolute atomic E-state index is 12.7. The number of fused-ring (bicyclic) bond motifs is 1. The van der Waals surface area contributed by atoms with Crippen LogP contribution in [0.15, 0.2) is 35.9 Å². The van der Waals surface area contributed by atoms with E-state index in [9.17, 15) is 14.4 Å². The Morgan fingerprint density at radius 3 is 2.21 bits per heavy atom. The van der Waals surface area contributed by atoms with Crippen molar-refractivity contribution in [2.45, 2.75) is 26.7 Å². The standard InChI is InChI=1S/C21H17Cl2NO5/c1-11(25)28-19-8-13-3-4-14(7-15(13)9-20(19)29-12(2)26)21(27)24-18-6-5-16(22)10-17(18)23/h5-10H,3-4H2,1-2H3,(H,24,27). The fraction of sp³-hybridized carbons (Fsp3) is 0.190. The Hall–Kier alpha value is -2.83. The molecule has 0 heterocycles. The monoisotopic (exact) mass is 433 g/mol. The Morgan fingerprint density at radius 1 is 0.931 bits per heavy atom. The molecular weight excluding hydrogens is 417 g/mol. The molecule has 2 aromatic carbocycles. The Bertz CT molecular complexity index is 1050. The number of esters is 2.